The van der Waals surface area contributed by atoms with Crippen LogP contribution in [0.15, 0.2) is 114 Å². The first kappa shape index (κ1) is 36.3. The van der Waals surface area contributed by atoms with E-state index in [1.165, 1.54) is 0 Å². The van der Waals surface area contributed by atoms with Crippen LogP contribution >= 0.6 is 0 Å². The molecule has 59 heavy (non-hydrogen) atoms. The maximum atomic E-state index is 14.9. The second kappa shape index (κ2) is 13.8. The average Bonchev–Trinajstić information content (AvgIpc) is 4.12. The summed E-state index contributed by atoms with van der Waals surface area (Å²) in [5.41, 5.74) is 10.1. The fraction of sp³-hybridized carbons (Fsp3) is 0.0816. The Balaban J connectivity index is 0.00000420. The molecule has 0 atom stereocenters. The van der Waals surface area contributed by atoms with Crippen molar-refractivity contribution in [2.75, 3.05) is 28.4 Å². The number of fused-ring (bicyclic) bond motifs is 14. The van der Waals surface area contributed by atoms with Crippen molar-refractivity contribution in [1.29, 1.82) is 0 Å². The number of methoxy groups -OCH3 is 4. The molecule has 0 spiro atoms. The molecule has 2 aliphatic carbocycles. The Hall–Kier alpha value is -7.03. The van der Waals surface area contributed by atoms with Gasteiger partial charge in [-0.25, -0.2) is 9.97 Å². The molecule has 3 aromatic heterocycles. The number of aromatic nitrogens is 4. The third-order valence-electron chi connectivity index (χ3n) is 11.3. The van der Waals surface area contributed by atoms with E-state index >= 15 is 0 Å². The summed E-state index contributed by atoms with van der Waals surface area (Å²) in [6.45, 7) is 0. The number of rotatable bonds is 6. The minimum absolute atomic E-state index is 0. The molecule has 0 N–H and O–H groups in total. The zero-order valence-electron chi connectivity index (χ0n) is 32.6. The zero-order valence-corrected chi connectivity index (χ0v) is 35.6. The molecule has 280 valence electrons. The second-order valence-electron chi connectivity index (χ2n) is 14.3. The predicted octanol–water partition coefficient (Wildman–Crippen LogP) is 10.1. The summed E-state index contributed by atoms with van der Waals surface area (Å²) in [5, 5.41) is 4.60. The Morgan fingerprint density at radius 2 is 0.898 bits per heavy atom. The minimum atomic E-state index is -0.112. The molecule has 11 rings (SSSR count). The van der Waals surface area contributed by atoms with Gasteiger partial charge in [0.05, 0.1) is 56.8 Å². The van der Waals surface area contributed by atoms with Crippen molar-refractivity contribution in [3.05, 3.63) is 131 Å². The van der Waals surface area contributed by atoms with Gasteiger partial charge in [0.1, 0.15) is 23.0 Å². The Labute approximate surface area is 350 Å². The SMILES string of the molecule is COc1cccc(-c2c3nc(c(-c4cccc(OC)c4)c4ccc([n-]4)c4c5nc6c(c7ccc2[n-]7)c2cc(OC)ccc2c-6c-5c(=O)c2ccc(OC)cc24)C=C3)c1.[Zn+2]. The van der Waals surface area contributed by atoms with Crippen molar-refractivity contribution >= 4 is 66.5 Å². The van der Waals surface area contributed by atoms with Gasteiger partial charge < -0.3 is 28.9 Å². The molecule has 7 aromatic rings. The molecule has 4 aromatic carbocycles. The molecule has 10 heteroatoms. The van der Waals surface area contributed by atoms with E-state index in [1.807, 2.05) is 121 Å². The van der Waals surface area contributed by atoms with Gasteiger partial charge in [0.2, 0.25) is 0 Å². The molecular formula is C49H32N4O5Zn. The van der Waals surface area contributed by atoms with Crippen LogP contribution in [0, 0.1) is 0 Å². The van der Waals surface area contributed by atoms with Gasteiger partial charge in [-0.15, -0.1) is 22.1 Å². The topological polar surface area (TPSA) is 108 Å². The van der Waals surface area contributed by atoms with Gasteiger partial charge in [-0.3, -0.25) is 4.79 Å². The monoisotopic (exact) mass is 820 g/mol. The molecule has 2 aliphatic heterocycles. The molecule has 4 aliphatic rings. The summed E-state index contributed by atoms with van der Waals surface area (Å²) in [6.07, 6.45) is 4.05. The molecule has 0 saturated carbocycles. The van der Waals surface area contributed by atoms with Crippen molar-refractivity contribution < 1.29 is 38.4 Å². The first-order valence-corrected chi connectivity index (χ1v) is 18.8. The van der Waals surface area contributed by atoms with Crippen molar-refractivity contribution in [2.24, 2.45) is 0 Å². The van der Waals surface area contributed by atoms with E-state index in [9.17, 15) is 4.79 Å². The summed E-state index contributed by atoms with van der Waals surface area (Å²) < 4.78 is 22.8. The van der Waals surface area contributed by atoms with E-state index in [-0.39, 0.29) is 24.9 Å². The van der Waals surface area contributed by atoms with Gasteiger partial charge in [-0.2, -0.15) is 0 Å². The first-order valence-electron chi connectivity index (χ1n) is 18.8. The molecule has 0 unspecified atom stereocenters. The van der Waals surface area contributed by atoms with Gasteiger partial charge in [0.15, 0.2) is 5.43 Å². The van der Waals surface area contributed by atoms with Crippen LogP contribution in [0.25, 0.3) is 111 Å². The van der Waals surface area contributed by atoms with Gasteiger partial charge in [-0.05, 0) is 122 Å². The molecule has 0 fully saturated rings. The number of hydrogen-bond acceptors (Lipinski definition) is 7. The van der Waals surface area contributed by atoms with Gasteiger partial charge in [0.25, 0.3) is 0 Å². The van der Waals surface area contributed by atoms with E-state index in [1.54, 1.807) is 28.4 Å². The van der Waals surface area contributed by atoms with Crippen molar-refractivity contribution in [1.82, 2.24) is 19.9 Å². The van der Waals surface area contributed by atoms with E-state index in [4.69, 9.17) is 38.9 Å². The van der Waals surface area contributed by atoms with E-state index in [0.717, 1.165) is 66.3 Å². The van der Waals surface area contributed by atoms with Crippen molar-refractivity contribution in [3.63, 3.8) is 0 Å². The molecular weight excluding hydrogens is 790 g/mol. The number of benzene rings is 5. The second-order valence-corrected chi connectivity index (χ2v) is 14.3. The Morgan fingerprint density at radius 3 is 1.42 bits per heavy atom. The summed E-state index contributed by atoms with van der Waals surface area (Å²) in [6, 6.07) is 35.4. The minimum Gasteiger partial charge on any atom is -0.657 e. The Kier molecular flexibility index (Phi) is 8.51. The Bertz CT molecular complexity index is 3440. The third-order valence-corrected chi connectivity index (χ3v) is 11.3. The van der Waals surface area contributed by atoms with Crippen molar-refractivity contribution in [3.8, 4) is 67.8 Å². The summed E-state index contributed by atoms with van der Waals surface area (Å²) in [4.78, 5) is 36.4. The van der Waals surface area contributed by atoms with Crippen LogP contribution in [0.2, 0.25) is 0 Å². The summed E-state index contributed by atoms with van der Waals surface area (Å²) in [5.74, 6) is 2.73. The smallest absolute Gasteiger partial charge is 0.657 e. The quantitative estimate of drug-likeness (QED) is 0.152. The number of ether oxygens (including phenoxy) is 4. The van der Waals surface area contributed by atoms with E-state index < -0.39 is 0 Å². The number of hydrogen-bond donors (Lipinski definition) is 0. The van der Waals surface area contributed by atoms with Crippen molar-refractivity contribution in [2.45, 2.75) is 0 Å². The fourth-order valence-corrected chi connectivity index (χ4v) is 8.68. The number of nitrogens with zero attached hydrogens (tertiary/aromatic N) is 4. The van der Waals surface area contributed by atoms with Crippen LogP contribution in [0.3, 0.4) is 0 Å². The van der Waals surface area contributed by atoms with Crippen LogP contribution in [-0.4, -0.2) is 38.4 Å². The van der Waals surface area contributed by atoms with E-state index in [2.05, 4.69) is 0 Å². The van der Waals surface area contributed by atoms with Crippen LogP contribution in [0.1, 0.15) is 11.4 Å². The van der Waals surface area contributed by atoms with Crippen LogP contribution < -0.4 is 34.3 Å². The van der Waals surface area contributed by atoms with Crippen LogP contribution in [0.5, 0.6) is 23.0 Å². The molecule has 9 nitrogen and oxygen atoms in total. The van der Waals surface area contributed by atoms with Gasteiger partial charge in [0, 0.05) is 10.9 Å². The van der Waals surface area contributed by atoms with Gasteiger partial charge >= 0.3 is 19.5 Å². The fourth-order valence-electron chi connectivity index (χ4n) is 8.68. The summed E-state index contributed by atoms with van der Waals surface area (Å²) in [7, 11) is 6.59. The normalized spacial score (nSPS) is 11.9. The Morgan fingerprint density at radius 1 is 0.441 bits per heavy atom. The first-order chi connectivity index (χ1) is 28.5. The molecule has 0 amide bonds. The summed E-state index contributed by atoms with van der Waals surface area (Å²) >= 11 is 0. The predicted molar refractivity (Wildman–Crippen MR) is 231 cm³/mol. The largest absolute Gasteiger partial charge is 2.00 e. The molecule has 0 radical (unpaired) electrons. The van der Waals surface area contributed by atoms with Crippen LogP contribution in [-0.2, 0) is 19.5 Å². The molecule has 8 bridgehead atoms. The van der Waals surface area contributed by atoms with Gasteiger partial charge in [-0.1, -0.05) is 48.5 Å². The average molecular weight is 822 g/mol. The van der Waals surface area contributed by atoms with E-state index in [0.29, 0.717) is 67.3 Å². The zero-order chi connectivity index (χ0) is 39.2. The molecule has 5 heterocycles. The third kappa shape index (κ3) is 5.44. The maximum Gasteiger partial charge on any atom is 2.00 e. The molecule has 0 saturated heterocycles. The maximum absolute atomic E-state index is 14.9. The standard InChI is InChI=1S/C49H33N4O5.Zn/c1-55-27-9-5-7-25(21-27)41-35-15-16-36(50-35)42(26-8-6-10-28(22-26)56-2)38-18-20-40(52-38)44-34-24-30(58-4)12-14-32(34)49(54)46-45-31-13-11-29(57-3)23-33(31)43(47(45)53-48(44)46)39-19-17-37(41)51-39;/h5-24H,1-4H3,(H-,50,51,52,53,54);/q-1;+2/p-1. The van der Waals surface area contributed by atoms with Crippen LogP contribution in [0.4, 0.5) is 0 Å².